The van der Waals surface area contributed by atoms with Crippen molar-refractivity contribution >= 4 is 0 Å². The molecule has 64 valence electrons. The molecule has 1 saturated heterocycles. The smallest absolute Gasteiger partial charge is 0.249 e. The molecule has 0 saturated carbocycles. The molecule has 2 heterocycles. The van der Waals surface area contributed by atoms with E-state index < -0.39 is 6.29 Å². The Morgan fingerprint density at radius 3 is 2.75 bits per heavy atom. The van der Waals surface area contributed by atoms with E-state index in [1.54, 1.807) is 18.2 Å². The molecule has 0 radical (unpaired) electrons. The van der Waals surface area contributed by atoms with E-state index >= 15 is 0 Å². The molecule has 0 aliphatic carbocycles. The molecule has 2 rings (SSSR count). The lowest BCUT2D eigenvalue weighted by Crippen LogP contribution is -2.32. The summed E-state index contributed by atoms with van der Waals surface area (Å²) in [5.41, 5.74) is 0.509. The molecule has 1 fully saturated rings. The van der Waals surface area contributed by atoms with Gasteiger partial charge in [-0.05, 0) is 6.07 Å². The van der Waals surface area contributed by atoms with Crippen molar-refractivity contribution in [3.8, 4) is 0 Å². The van der Waals surface area contributed by atoms with Crippen molar-refractivity contribution in [3.63, 3.8) is 0 Å². The standard InChI is InChI=1S/C8H9NO3/c10-9-4-2-1-3-7(9)8-11-5-6-12-8/h1-4,8H,5-6H2. The van der Waals surface area contributed by atoms with Crippen LogP contribution in [0.15, 0.2) is 24.4 Å². The predicted octanol–water partition coefficient (Wildman–Crippen LogP) is 0.365. The average molecular weight is 167 g/mol. The monoisotopic (exact) mass is 167 g/mol. The van der Waals surface area contributed by atoms with E-state index in [4.69, 9.17) is 9.47 Å². The van der Waals surface area contributed by atoms with Crippen LogP contribution in [0.25, 0.3) is 0 Å². The van der Waals surface area contributed by atoms with Crippen LogP contribution in [0.1, 0.15) is 12.0 Å². The van der Waals surface area contributed by atoms with Gasteiger partial charge in [-0.2, -0.15) is 4.73 Å². The lowest BCUT2D eigenvalue weighted by atomic mass is 10.3. The van der Waals surface area contributed by atoms with Crippen LogP contribution >= 0.6 is 0 Å². The van der Waals surface area contributed by atoms with Crippen LogP contribution in [0.5, 0.6) is 0 Å². The van der Waals surface area contributed by atoms with Gasteiger partial charge in [0.05, 0.1) is 13.2 Å². The van der Waals surface area contributed by atoms with Crippen molar-refractivity contribution in [2.45, 2.75) is 6.29 Å². The van der Waals surface area contributed by atoms with Gasteiger partial charge in [0, 0.05) is 12.1 Å². The Morgan fingerprint density at radius 2 is 2.08 bits per heavy atom. The minimum atomic E-state index is -0.483. The predicted molar refractivity (Wildman–Crippen MR) is 40.0 cm³/mol. The van der Waals surface area contributed by atoms with Crippen LogP contribution in [-0.2, 0) is 9.47 Å². The minimum Gasteiger partial charge on any atom is -0.618 e. The Balaban J connectivity index is 2.26. The first-order chi connectivity index (χ1) is 5.88. The van der Waals surface area contributed by atoms with Crippen molar-refractivity contribution in [1.29, 1.82) is 0 Å². The number of ether oxygens (including phenoxy) is 2. The zero-order valence-electron chi connectivity index (χ0n) is 6.47. The third-order valence-corrected chi connectivity index (χ3v) is 1.72. The summed E-state index contributed by atoms with van der Waals surface area (Å²) < 4.78 is 11.1. The largest absolute Gasteiger partial charge is 0.618 e. The Hall–Kier alpha value is -1.13. The number of aromatic nitrogens is 1. The zero-order chi connectivity index (χ0) is 8.39. The molecule has 4 heteroatoms. The number of hydrogen-bond donors (Lipinski definition) is 0. The second kappa shape index (κ2) is 3.08. The highest BCUT2D eigenvalue weighted by Gasteiger charge is 2.24. The molecule has 0 amide bonds. The normalized spacial score (nSPS) is 18.3. The molecule has 0 aromatic carbocycles. The highest BCUT2D eigenvalue weighted by atomic mass is 16.7. The molecule has 12 heavy (non-hydrogen) atoms. The van der Waals surface area contributed by atoms with Crippen molar-refractivity contribution in [2.75, 3.05) is 13.2 Å². The van der Waals surface area contributed by atoms with Gasteiger partial charge >= 0.3 is 0 Å². The van der Waals surface area contributed by atoms with Gasteiger partial charge in [-0.15, -0.1) is 0 Å². The van der Waals surface area contributed by atoms with Crippen molar-refractivity contribution in [2.24, 2.45) is 0 Å². The molecule has 0 unspecified atom stereocenters. The van der Waals surface area contributed by atoms with E-state index in [1.165, 1.54) is 6.20 Å². The van der Waals surface area contributed by atoms with Crippen LogP contribution in [-0.4, -0.2) is 13.2 Å². The van der Waals surface area contributed by atoms with E-state index in [-0.39, 0.29) is 0 Å². The third-order valence-electron chi connectivity index (χ3n) is 1.72. The summed E-state index contributed by atoms with van der Waals surface area (Å²) in [6, 6.07) is 5.16. The maximum Gasteiger partial charge on any atom is 0.249 e. The molecule has 4 nitrogen and oxygen atoms in total. The quantitative estimate of drug-likeness (QED) is 0.448. The summed E-state index contributed by atoms with van der Waals surface area (Å²) in [7, 11) is 0. The fraction of sp³-hybridized carbons (Fsp3) is 0.375. The Morgan fingerprint density at radius 1 is 1.33 bits per heavy atom. The molecule has 0 spiro atoms. The maximum atomic E-state index is 11.2. The lowest BCUT2D eigenvalue weighted by molar-refractivity contribution is -0.622. The van der Waals surface area contributed by atoms with Gasteiger partial charge in [-0.25, -0.2) is 0 Å². The summed E-state index contributed by atoms with van der Waals surface area (Å²) in [4.78, 5) is 0. The maximum absolute atomic E-state index is 11.2. The first-order valence-corrected chi connectivity index (χ1v) is 3.79. The van der Waals surface area contributed by atoms with Gasteiger partial charge < -0.3 is 14.7 Å². The molecule has 0 bridgehead atoms. The van der Waals surface area contributed by atoms with E-state index in [0.29, 0.717) is 18.9 Å². The molecule has 1 aromatic heterocycles. The summed E-state index contributed by atoms with van der Waals surface area (Å²) in [5, 5.41) is 11.2. The second-order valence-electron chi connectivity index (χ2n) is 2.52. The zero-order valence-corrected chi connectivity index (χ0v) is 6.47. The molecule has 1 aliphatic heterocycles. The van der Waals surface area contributed by atoms with Gasteiger partial charge in [0.25, 0.3) is 0 Å². The van der Waals surface area contributed by atoms with Crippen molar-refractivity contribution < 1.29 is 14.2 Å². The van der Waals surface area contributed by atoms with E-state index in [2.05, 4.69) is 0 Å². The fourth-order valence-electron chi connectivity index (χ4n) is 1.15. The van der Waals surface area contributed by atoms with Gasteiger partial charge in [0.2, 0.25) is 12.0 Å². The van der Waals surface area contributed by atoms with E-state index in [1.807, 2.05) is 0 Å². The summed E-state index contributed by atoms with van der Waals surface area (Å²) in [6.45, 7) is 1.11. The van der Waals surface area contributed by atoms with Gasteiger partial charge in [-0.3, -0.25) is 0 Å². The Labute approximate surface area is 69.9 Å². The number of rotatable bonds is 1. The minimum absolute atomic E-state index is 0.483. The highest BCUT2D eigenvalue weighted by Crippen LogP contribution is 2.19. The molecule has 0 N–H and O–H groups in total. The molecule has 0 atom stereocenters. The number of hydrogen-bond acceptors (Lipinski definition) is 3. The van der Waals surface area contributed by atoms with Crippen LogP contribution < -0.4 is 4.73 Å². The topological polar surface area (TPSA) is 45.4 Å². The lowest BCUT2D eigenvalue weighted by Gasteiger charge is -2.08. The van der Waals surface area contributed by atoms with Crippen LogP contribution in [0.3, 0.4) is 0 Å². The van der Waals surface area contributed by atoms with Crippen LogP contribution in [0, 0.1) is 5.21 Å². The molecule has 1 aliphatic rings. The van der Waals surface area contributed by atoms with Gasteiger partial charge in [-0.1, -0.05) is 0 Å². The average Bonchev–Trinajstić information content (AvgIpc) is 2.57. The molecular formula is C8H9NO3. The molecular weight excluding hydrogens is 158 g/mol. The Bertz CT molecular complexity index is 271. The third kappa shape index (κ3) is 1.26. The van der Waals surface area contributed by atoms with Crippen LogP contribution in [0.2, 0.25) is 0 Å². The molecule has 1 aromatic rings. The first kappa shape index (κ1) is 7.52. The summed E-state index contributed by atoms with van der Waals surface area (Å²) >= 11 is 0. The second-order valence-corrected chi connectivity index (χ2v) is 2.52. The van der Waals surface area contributed by atoms with Crippen LogP contribution in [0.4, 0.5) is 0 Å². The van der Waals surface area contributed by atoms with Gasteiger partial charge in [0.15, 0.2) is 6.20 Å². The van der Waals surface area contributed by atoms with E-state index in [0.717, 1.165) is 4.73 Å². The SMILES string of the molecule is [O-][n+]1ccccc1C1OCCO1. The van der Waals surface area contributed by atoms with Gasteiger partial charge in [0.1, 0.15) is 0 Å². The van der Waals surface area contributed by atoms with Crippen molar-refractivity contribution in [3.05, 3.63) is 35.3 Å². The highest BCUT2D eigenvalue weighted by molar-refractivity contribution is 4.99. The Kier molecular flexibility index (Phi) is 1.93. The fourth-order valence-corrected chi connectivity index (χ4v) is 1.15. The van der Waals surface area contributed by atoms with Crippen molar-refractivity contribution in [1.82, 2.24) is 0 Å². The number of nitrogens with zero attached hydrogens (tertiary/aromatic N) is 1. The first-order valence-electron chi connectivity index (χ1n) is 3.79. The van der Waals surface area contributed by atoms with E-state index in [9.17, 15) is 5.21 Å². The summed E-state index contributed by atoms with van der Waals surface area (Å²) in [6.07, 6.45) is 0.948. The summed E-state index contributed by atoms with van der Waals surface area (Å²) in [5.74, 6) is 0. The number of pyridine rings is 1.